The Bertz CT molecular complexity index is 291. The maximum atomic E-state index is 9.71. The minimum atomic E-state index is -0.461. The van der Waals surface area contributed by atoms with Crippen LogP contribution in [0.25, 0.3) is 22.9 Å². The Hall–Kier alpha value is 0.200. The molecule has 0 aromatic carbocycles. The van der Waals surface area contributed by atoms with E-state index in [1.807, 2.05) is 27.7 Å². The van der Waals surface area contributed by atoms with Crippen LogP contribution in [0.5, 0.6) is 0 Å². The zero-order valence-electron chi connectivity index (χ0n) is 17.0. The molecule has 8 nitrogen and oxygen atoms in total. The fourth-order valence-electron chi connectivity index (χ4n) is 0.908. The molecule has 0 saturated carbocycles. The molecule has 0 saturated heterocycles. The monoisotopic (exact) mass is 774 g/mol. The Labute approximate surface area is 219 Å². The van der Waals surface area contributed by atoms with E-state index < -0.39 is 23.6 Å². The number of carbonyl (C=O) groups excluding carboxylic acids is 4. The Morgan fingerprint density at radius 1 is 0.464 bits per heavy atom. The van der Waals surface area contributed by atoms with E-state index in [4.69, 9.17) is 22.9 Å². The second-order valence-corrected chi connectivity index (χ2v) is 4.69. The Balaban J connectivity index is -0.0000000303. The van der Waals surface area contributed by atoms with Crippen LogP contribution >= 0.6 is 0 Å². The van der Waals surface area contributed by atoms with Gasteiger partial charge in [-0.05, 0) is 25.7 Å². The van der Waals surface area contributed by atoms with Crippen molar-refractivity contribution in [1.29, 1.82) is 0 Å². The van der Waals surface area contributed by atoms with Crippen LogP contribution in [0.3, 0.4) is 0 Å². The molecular formula is C16H32Cl2Hf2N4O4-6. The van der Waals surface area contributed by atoms with Crippen LogP contribution in [0.15, 0.2) is 0 Å². The molecule has 0 aliphatic carbocycles. The molecule has 168 valence electrons. The molecule has 0 aromatic rings. The van der Waals surface area contributed by atoms with E-state index in [0.29, 0.717) is 25.7 Å². The van der Waals surface area contributed by atoms with Crippen LogP contribution < -0.4 is 24.8 Å². The number of halogens is 2. The Morgan fingerprint density at radius 3 is 0.571 bits per heavy atom. The van der Waals surface area contributed by atoms with Gasteiger partial charge in [0.05, 0.1) is 0 Å². The van der Waals surface area contributed by atoms with Gasteiger partial charge in [0, 0.05) is 75.3 Å². The summed E-state index contributed by atoms with van der Waals surface area (Å²) in [7, 11) is 0. The third-order valence-electron chi connectivity index (χ3n) is 1.91. The third kappa shape index (κ3) is 112. The average Bonchev–Trinajstić information content (AvgIpc) is 2.39. The summed E-state index contributed by atoms with van der Waals surface area (Å²) in [5, 5.41) is 0. The summed E-state index contributed by atoms with van der Waals surface area (Å²) >= 11 is 0. The first-order valence-electron chi connectivity index (χ1n) is 8.06. The first kappa shape index (κ1) is 51.1. The Kier molecular flexibility index (Phi) is 83.6. The topological polar surface area (TPSA) is 163 Å². The van der Waals surface area contributed by atoms with Crippen LogP contribution in [-0.4, -0.2) is 23.6 Å². The average molecular weight is 772 g/mol. The quantitative estimate of drug-likeness (QED) is 0.303. The van der Waals surface area contributed by atoms with Gasteiger partial charge in [0.15, 0.2) is 0 Å². The molecule has 12 heteroatoms. The van der Waals surface area contributed by atoms with E-state index >= 15 is 0 Å². The number of nitrogens with one attached hydrogen (secondary N) is 4. The van der Waals surface area contributed by atoms with Gasteiger partial charge in [0.25, 0.3) is 0 Å². The van der Waals surface area contributed by atoms with E-state index in [1.54, 1.807) is 0 Å². The van der Waals surface area contributed by atoms with Crippen molar-refractivity contribution in [3.8, 4) is 0 Å². The zero-order valence-corrected chi connectivity index (χ0v) is 25.7. The van der Waals surface area contributed by atoms with Crippen LogP contribution in [0, 0.1) is 0 Å². The molecule has 0 spiro atoms. The molecule has 4 N–H and O–H groups in total. The second kappa shape index (κ2) is 45.8. The summed E-state index contributed by atoms with van der Waals surface area (Å²) in [4.78, 5) is 38.8. The summed E-state index contributed by atoms with van der Waals surface area (Å²) in [6.07, 6.45) is 4.79. The normalized spacial score (nSPS) is 7.00. The second-order valence-electron chi connectivity index (χ2n) is 4.69. The van der Waals surface area contributed by atoms with Gasteiger partial charge in [-0.1, -0.05) is 53.4 Å². The molecule has 0 atom stereocenters. The number of rotatable bonds is 8. The minimum Gasteiger partial charge on any atom is -1.00 e. The minimum absolute atomic E-state index is 0. The van der Waals surface area contributed by atoms with Gasteiger partial charge in [-0.15, -0.1) is 0 Å². The van der Waals surface area contributed by atoms with Crippen molar-refractivity contribution in [3.63, 3.8) is 0 Å². The van der Waals surface area contributed by atoms with E-state index in [0.717, 1.165) is 25.7 Å². The van der Waals surface area contributed by atoms with E-state index in [9.17, 15) is 19.2 Å². The molecule has 0 rings (SSSR count). The first-order chi connectivity index (χ1) is 11.1. The van der Waals surface area contributed by atoms with Gasteiger partial charge in [0.2, 0.25) is 0 Å². The summed E-state index contributed by atoms with van der Waals surface area (Å²) in [5.41, 5.74) is 25.4. The largest absolute Gasteiger partial charge is 1.00 e. The van der Waals surface area contributed by atoms with Crippen LogP contribution in [0.2, 0.25) is 0 Å². The molecule has 0 radical (unpaired) electrons. The summed E-state index contributed by atoms with van der Waals surface area (Å²) in [6.45, 7) is 7.53. The van der Waals surface area contributed by atoms with Gasteiger partial charge in [-0.3, -0.25) is 0 Å². The summed E-state index contributed by atoms with van der Waals surface area (Å²) in [5.74, 6) is -1.84. The molecular weight excluding hydrogens is 740 g/mol. The molecule has 0 unspecified atom stereocenters. The molecule has 0 aromatic heterocycles. The SMILES string of the molecule is CCCC([NH-])=O.CCCC([NH-])=O.CCCC([NH-])=O.CCCC([NH-])=O.[Cl-].[Cl-].[Hf].[Hf]. The van der Waals surface area contributed by atoms with Crippen molar-refractivity contribution in [2.24, 2.45) is 0 Å². The molecule has 28 heavy (non-hydrogen) atoms. The Morgan fingerprint density at radius 2 is 0.571 bits per heavy atom. The van der Waals surface area contributed by atoms with Crippen molar-refractivity contribution in [3.05, 3.63) is 22.9 Å². The van der Waals surface area contributed by atoms with Crippen LogP contribution in [0.1, 0.15) is 79.1 Å². The van der Waals surface area contributed by atoms with Gasteiger partial charge in [0.1, 0.15) is 0 Å². The van der Waals surface area contributed by atoms with E-state index in [2.05, 4.69) is 0 Å². The van der Waals surface area contributed by atoms with E-state index in [-0.39, 0.29) is 76.5 Å². The summed E-state index contributed by atoms with van der Waals surface area (Å²) in [6, 6.07) is 0. The molecule has 0 aliphatic rings. The van der Waals surface area contributed by atoms with Gasteiger partial charge in [-0.25, -0.2) is 0 Å². The number of amides is 4. The smallest absolute Gasteiger partial charge is 0.0487 e. The number of hydrogen-bond acceptors (Lipinski definition) is 4. The third-order valence-corrected chi connectivity index (χ3v) is 1.91. The molecule has 4 amide bonds. The molecule has 0 bridgehead atoms. The van der Waals surface area contributed by atoms with Crippen molar-refractivity contribution < 1.29 is 95.7 Å². The predicted molar refractivity (Wildman–Crippen MR) is 96.9 cm³/mol. The van der Waals surface area contributed by atoms with Crippen molar-refractivity contribution in [2.45, 2.75) is 79.1 Å². The standard InChI is InChI=1S/4C4H9NO.2ClH.2Hf/c4*1-2-3-4(5)6;;;;/h4*2-3H2,1H3,(H2,5,6);2*1H;;/p-6. The zero-order chi connectivity index (χ0) is 20.0. The van der Waals surface area contributed by atoms with Gasteiger partial charge in [-0.2, -0.15) is 0 Å². The predicted octanol–water partition coefficient (Wildman–Crippen LogP) is -0.536. The summed E-state index contributed by atoms with van der Waals surface area (Å²) < 4.78 is 0. The fourth-order valence-corrected chi connectivity index (χ4v) is 0.908. The first-order valence-corrected chi connectivity index (χ1v) is 8.06. The maximum absolute atomic E-state index is 9.71. The van der Waals surface area contributed by atoms with Crippen molar-refractivity contribution in [1.82, 2.24) is 0 Å². The number of carbonyl (C=O) groups is 4. The molecule has 0 heterocycles. The van der Waals surface area contributed by atoms with Gasteiger partial charge < -0.3 is 66.9 Å². The number of hydrogen-bond donors (Lipinski definition) is 0. The van der Waals surface area contributed by atoms with Gasteiger partial charge >= 0.3 is 0 Å². The van der Waals surface area contributed by atoms with Crippen molar-refractivity contribution >= 4 is 23.6 Å². The van der Waals surface area contributed by atoms with E-state index in [1.165, 1.54) is 0 Å². The molecule has 0 aliphatic heterocycles. The maximum Gasteiger partial charge on any atom is 0.0487 e. The van der Waals surface area contributed by atoms with Crippen LogP contribution in [-0.2, 0) is 70.9 Å². The van der Waals surface area contributed by atoms with Crippen LogP contribution in [0.4, 0.5) is 0 Å². The van der Waals surface area contributed by atoms with Crippen molar-refractivity contribution in [2.75, 3.05) is 0 Å². The fraction of sp³-hybridized carbons (Fsp3) is 0.750. The molecule has 0 fully saturated rings.